The molecule has 30 heavy (non-hydrogen) atoms. The zero-order valence-electron chi connectivity index (χ0n) is 16.4. The fraction of sp³-hybridized carbons (Fsp3) is 0.0417. The molecule has 6 nitrogen and oxygen atoms in total. The number of carbonyl (C=O) groups is 3. The summed E-state index contributed by atoms with van der Waals surface area (Å²) >= 11 is 0. The highest BCUT2D eigenvalue weighted by Gasteiger charge is 2.09. The Morgan fingerprint density at radius 2 is 1.23 bits per heavy atom. The second-order valence-corrected chi connectivity index (χ2v) is 6.58. The number of carbonyl (C=O) groups excluding carboxylic acids is 3. The van der Waals surface area contributed by atoms with Crippen LogP contribution in [0.1, 0.15) is 31.8 Å². The summed E-state index contributed by atoms with van der Waals surface area (Å²) in [5.74, 6) is -1.14. The molecule has 0 bridgehead atoms. The van der Waals surface area contributed by atoms with E-state index in [0.29, 0.717) is 16.8 Å². The third kappa shape index (κ3) is 5.90. The minimum Gasteiger partial charge on any atom is -0.323 e. The lowest BCUT2D eigenvalue weighted by Crippen LogP contribution is -2.41. The molecule has 3 aromatic carbocycles. The monoisotopic (exact) mass is 399 g/mol. The van der Waals surface area contributed by atoms with E-state index in [0.717, 1.165) is 11.1 Å². The number of hydrogen-bond donors (Lipinski definition) is 3. The fourth-order valence-corrected chi connectivity index (χ4v) is 2.59. The van der Waals surface area contributed by atoms with Gasteiger partial charge in [-0.05, 0) is 55.0 Å². The number of hydrogen-bond acceptors (Lipinski definition) is 3. The summed E-state index contributed by atoms with van der Waals surface area (Å²) in [5, 5.41) is 2.73. The Bertz CT molecular complexity index is 1060. The van der Waals surface area contributed by atoms with Crippen molar-refractivity contribution < 1.29 is 14.4 Å². The number of aryl methyl sites for hydroxylation is 1. The van der Waals surface area contributed by atoms with E-state index >= 15 is 0 Å². The van der Waals surface area contributed by atoms with Crippen LogP contribution in [0.3, 0.4) is 0 Å². The molecule has 0 aliphatic carbocycles. The molecule has 3 rings (SSSR count). The zero-order chi connectivity index (χ0) is 21.3. The molecule has 0 aromatic heterocycles. The zero-order valence-corrected chi connectivity index (χ0v) is 16.4. The van der Waals surface area contributed by atoms with Crippen molar-refractivity contribution in [1.82, 2.24) is 10.9 Å². The molecule has 0 radical (unpaired) electrons. The summed E-state index contributed by atoms with van der Waals surface area (Å²) in [6, 6.07) is 22.8. The molecule has 0 atom stereocenters. The topological polar surface area (TPSA) is 87.3 Å². The Morgan fingerprint density at radius 3 is 1.80 bits per heavy atom. The highest BCUT2D eigenvalue weighted by atomic mass is 16.2. The third-order valence-electron chi connectivity index (χ3n) is 4.24. The molecule has 3 N–H and O–H groups in total. The predicted molar refractivity (Wildman–Crippen MR) is 117 cm³/mol. The highest BCUT2D eigenvalue weighted by molar-refractivity contribution is 6.02. The van der Waals surface area contributed by atoms with Gasteiger partial charge in [0, 0.05) is 22.9 Å². The predicted octanol–water partition coefficient (Wildman–Crippen LogP) is 3.72. The van der Waals surface area contributed by atoms with Gasteiger partial charge in [-0.3, -0.25) is 25.2 Å². The van der Waals surface area contributed by atoms with E-state index in [1.165, 1.54) is 6.08 Å². The smallest absolute Gasteiger partial charge is 0.269 e. The van der Waals surface area contributed by atoms with E-state index in [4.69, 9.17) is 0 Å². The van der Waals surface area contributed by atoms with Crippen LogP contribution in [0.25, 0.3) is 6.08 Å². The molecule has 3 aromatic rings. The highest BCUT2D eigenvalue weighted by Crippen LogP contribution is 2.10. The molecular formula is C24H21N3O3. The first-order chi connectivity index (χ1) is 14.5. The summed E-state index contributed by atoms with van der Waals surface area (Å²) < 4.78 is 0. The number of amides is 3. The molecular weight excluding hydrogens is 378 g/mol. The van der Waals surface area contributed by atoms with Crippen molar-refractivity contribution in [2.75, 3.05) is 5.32 Å². The Morgan fingerprint density at radius 1 is 0.700 bits per heavy atom. The summed E-state index contributed by atoms with van der Waals surface area (Å²) in [6.07, 6.45) is 3.16. The van der Waals surface area contributed by atoms with Gasteiger partial charge < -0.3 is 5.32 Å². The molecule has 6 heteroatoms. The van der Waals surface area contributed by atoms with E-state index in [1.807, 2.05) is 49.4 Å². The normalized spacial score (nSPS) is 10.4. The maximum atomic E-state index is 12.2. The summed E-state index contributed by atoms with van der Waals surface area (Å²) in [5.41, 5.74) is 8.06. The maximum Gasteiger partial charge on any atom is 0.269 e. The molecule has 0 heterocycles. The van der Waals surface area contributed by atoms with Gasteiger partial charge >= 0.3 is 0 Å². The number of benzene rings is 3. The van der Waals surface area contributed by atoms with Crippen molar-refractivity contribution in [1.29, 1.82) is 0 Å². The van der Waals surface area contributed by atoms with Crippen LogP contribution >= 0.6 is 0 Å². The van der Waals surface area contributed by atoms with Crippen molar-refractivity contribution in [3.8, 4) is 0 Å². The Labute approximate surface area is 174 Å². The molecule has 150 valence electrons. The minimum atomic E-state index is -0.461. The molecule has 0 fully saturated rings. The SMILES string of the molecule is Cc1ccc(C(=O)NNC(=O)c2ccc(NC(=O)/C=C/c3ccccc3)cc2)cc1. The molecule has 0 saturated carbocycles. The van der Waals surface area contributed by atoms with Crippen molar-refractivity contribution in [3.63, 3.8) is 0 Å². The summed E-state index contributed by atoms with van der Waals surface area (Å²) in [7, 11) is 0. The lowest BCUT2D eigenvalue weighted by Gasteiger charge is -2.08. The molecule has 0 spiro atoms. The summed E-state index contributed by atoms with van der Waals surface area (Å²) in [4.78, 5) is 36.3. The van der Waals surface area contributed by atoms with Gasteiger partial charge in [0.05, 0.1) is 0 Å². The molecule has 0 aliphatic heterocycles. The second kappa shape index (κ2) is 9.84. The second-order valence-electron chi connectivity index (χ2n) is 6.58. The first-order valence-electron chi connectivity index (χ1n) is 9.33. The Hall–Kier alpha value is -4.19. The van der Waals surface area contributed by atoms with Gasteiger partial charge in [0.25, 0.3) is 11.8 Å². The van der Waals surface area contributed by atoms with Crippen LogP contribution in [0.15, 0.2) is 84.9 Å². The number of nitrogens with one attached hydrogen (secondary N) is 3. The van der Waals surface area contributed by atoms with Crippen LogP contribution in [0, 0.1) is 6.92 Å². The Kier molecular flexibility index (Phi) is 6.74. The molecule has 0 unspecified atom stereocenters. The standard InChI is InChI=1S/C24H21N3O3/c1-17-7-10-19(11-8-17)23(29)26-27-24(30)20-12-14-21(15-13-20)25-22(28)16-9-18-5-3-2-4-6-18/h2-16H,1H3,(H,25,28)(H,26,29)(H,27,30)/b16-9+. The maximum absolute atomic E-state index is 12.2. The fourth-order valence-electron chi connectivity index (χ4n) is 2.59. The number of anilines is 1. The van der Waals surface area contributed by atoms with Crippen LogP contribution < -0.4 is 16.2 Å². The molecule has 0 aliphatic rings. The van der Waals surface area contributed by atoms with Crippen molar-refractivity contribution in [3.05, 3.63) is 107 Å². The first-order valence-corrected chi connectivity index (χ1v) is 9.33. The van der Waals surface area contributed by atoms with Gasteiger partial charge in [0.2, 0.25) is 5.91 Å². The van der Waals surface area contributed by atoms with Crippen molar-refractivity contribution in [2.24, 2.45) is 0 Å². The minimum absolute atomic E-state index is 0.276. The van der Waals surface area contributed by atoms with E-state index in [9.17, 15) is 14.4 Å². The largest absolute Gasteiger partial charge is 0.323 e. The van der Waals surface area contributed by atoms with Gasteiger partial charge in [-0.2, -0.15) is 0 Å². The van der Waals surface area contributed by atoms with Crippen molar-refractivity contribution >= 4 is 29.5 Å². The van der Waals surface area contributed by atoms with Gasteiger partial charge in [-0.25, -0.2) is 0 Å². The third-order valence-corrected chi connectivity index (χ3v) is 4.24. The van der Waals surface area contributed by atoms with Gasteiger partial charge in [0.1, 0.15) is 0 Å². The van der Waals surface area contributed by atoms with Crippen LogP contribution in [-0.2, 0) is 4.79 Å². The van der Waals surface area contributed by atoms with Crippen LogP contribution in [0.4, 0.5) is 5.69 Å². The average molecular weight is 399 g/mol. The van der Waals surface area contributed by atoms with Crippen LogP contribution in [0.2, 0.25) is 0 Å². The van der Waals surface area contributed by atoms with E-state index < -0.39 is 11.8 Å². The molecule has 3 amide bonds. The van der Waals surface area contributed by atoms with Crippen LogP contribution in [0.5, 0.6) is 0 Å². The van der Waals surface area contributed by atoms with Crippen molar-refractivity contribution in [2.45, 2.75) is 6.92 Å². The average Bonchev–Trinajstić information content (AvgIpc) is 2.77. The number of rotatable bonds is 5. The van der Waals surface area contributed by atoms with E-state index in [-0.39, 0.29) is 5.91 Å². The number of hydrazine groups is 1. The quantitative estimate of drug-likeness (QED) is 0.451. The van der Waals surface area contributed by atoms with E-state index in [2.05, 4.69) is 16.2 Å². The van der Waals surface area contributed by atoms with E-state index in [1.54, 1.807) is 42.5 Å². The van der Waals surface area contributed by atoms with Gasteiger partial charge in [-0.1, -0.05) is 48.0 Å². The van der Waals surface area contributed by atoms with Gasteiger partial charge in [-0.15, -0.1) is 0 Å². The first kappa shape index (κ1) is 20.5. The molecule has 0 saturated heterocycles. The lowest BCUT2D eigenvalue weighted by atomic mass is 10.1. The van der Waals surface area contributed by atoms with Gasteiger partial charge in [0.15, 0.2) is 0 Å². The lowest BCUT2D eigenvalue weighted by molar-refractivity contribution is -0.111. The Balaban J connectivity index is 1.51. The van der Waals surface area contributed by atoms with Crippen LogP contribution in [-0.4, -0.2) is 17.7 Å². The summed E-state index contributed by atoms with van der Waals surface area (Å²) in [6.45, 7) is 1.93.